The molecule has 1 amide bonds. The monoisotopic (exact) mass is 331 g/mol. The van der Waals surface area contributed by atoms with Crippen molar-refractivity contribution in [3.63, 3.8) is 0 Å². The molecule has 130 valence electrons. The summed E-state index contributed by atoms with van der Waals surface area (Å²) in [5.74, 6) is 0.235. The molecule has 2 fully saturated rings. The summed E-state index contributed by atoms with van der Waals surface area (Å²) in [6.07, 6.45) is 8.35. The first kappa shape index (κ1) is 15.8. The van der Waals surface area contributed by atoms with Crippen LogP contribution in [0.2, 0.25) is 0 Å². The van der Waals surface area contributed by atoms with Crippen molar-refractivity contribution in [2.75, 3.05) is 13.2 Å². The molecule has 1 aromatic heterocycles. The van der Waals surface area contributed by atoms with Gasteiger partial charge in [0.15, 0.2) is 0 Å². The van der Waals surface area contributed by atoms with Crippen LogP contribution in [0, 0.1) is 5.92 Å². The number of carbonyl (C=O) groups excluding carboxylic acids is 1. The Morgan fingerprint density at radius 3 is 2.79 bits per heavy atom. The van der Waals surface area contributed by atoms with Gasteiger partial charge in [-0.15, -0.1) is 0 Å². The number of fused-ring (bicyclic) bond motifs is 1. The van der Waals surface area contributed by atoms with E-state index in [1.165, 1.54) is 0 Å². The topological polar surface area (TPSA) is 73.2 Å². The number of rotatable bonds is 3. The molecule has 0 radical (unpaired) electrons. The number of aromatic nitrogens is 2. The minimum absolute atomic E-state index is 0.0775. The SMILES string of the molecule is O=C(NC1COCC1n1nc2c(cc1=O)CCCC2)C1CCCC1. The highest BCUT2D eigenvalue weighted by Crippen LogP contribution is 2.26. The van der Waals surface area contributed by atoms with Crippen molar-refractivity contribution in [3.8, 4) is 0 Å². The van der Waals surface area contributed by atoms with Gasteiger partial charge in [-0.1, -0.05) is 12.8 Å². The molecular formula is C18H25N3O3. The minimum atomic E-state index is -0.199. The van der Waals surface area contributed by atoms with Crippen LogP contribution in [0.5, 0.6) is 0 Å². The predicted octanol–water partition coefficient (Wildman–Crippen LogP) is 1.37. The van der Waals surface area contributed by atoms with Crippen LogP contribution in [0.15, 0.2) is 10.9 Å². The molecule has 0 spiro atoms. The molecular weight excluding hydrogens is 306 g/mol. The van der Waals surface area contributed by atoms with Crippen molar-refractivity contribution in [3.05, 3.63) is 27.7 Å². The largest absolute Gasteiger partial charge is 0.377 e. The molecule has 1 N–H and O–H groups in total. The summed E-state index contributed by atoms with van der Waals surface area (Å²) in [5.41, 5.74) is 2.05. The van der Waals surface area contributed by atoms with E-state index in [9.17, 15) is 9.59 Å². The van der Waals surface area contributed by atoms with E-state index >= 15 is 0 Å². The Morgan fingerprint density at radius 2 is 1.96 bits per heavy atom. The number of aryl methyl sites for hydroxylation is 2. The van der Waals surface area contributed by atoms with E-state index in [0.717, 1.165) is 62.6 Å². The zero-order chi connectivity index (χ0) is 16.5. The molecule has 3 aliphatic rings. The molecule has 2 unspecified atom stereocenters. The first-order chi connectivity index (χ1) is 11.7. The number of hydrogen-bond acceptors (Lipinski definition) is 4. The number of nitrogens with zero attached hydrogens (tertiary/aromatic N) is 2. The average Bonchev–Trinajstić information content (AvgIpc) is 3.26. The molecule has 6 nitrogen and oxygen atoms in total. The van der Waals surface area contributed by atoms with Crippen LogP contribution < -0.4 is 10.9 Å². The third kappa shape index (κ3) is 2.99. The van der Waals surface area contributed by atoms with E-state index in [2.05, 4.69) is 10.4 Å². The average molecular weight is 331 g/mol. The van der Waals surface area contributed by atoms with Gasteiger partial charge in [0.05, 0.1) is 24.9 Å². The van der Waals surface area contributed by atoms with E-state index in [4.69, 9.17) is 4.74 Å². The maximum atomic E-state index is 12.5. The lowest BCUT2D eigenvalue weighted by Gasteiger charge is -2.23. The van der Waals surface area contributed by atoms with Crippen LogP contribution in [0.25, 0.3) is 0 Å². The van der Waals surface area contributed by atoms with Gasteiger partial charge < -0.3 is 10.1 Å². The normalized spacial score (nSPS) is 27.2. The summed E-state index contributed by atoms with van der Waals surface area (Å²) in [6.45, 7) is 0.885. The van der Waals surface area contributed by atoms with Crippen LogP contribution in [-0.2, 0) is 22.4 Å². The summed E-state index contributed by atoms with van der Waals surface area (Å²) in [6, 6.07) is 1.37. The first-order valence-corrected chi connectivity index (χ1v) is 9.22. The molecule has 1 saturated heterocycles. The van der Waals surface area contributed by atoms with Gasteiger partial charge in [0.2, 0.25) is 5.91 Å². The first-order valence-electron chi connectivity index (χ1n) is 9.22. The maximum Gasteiger partial charge on any atom is 0.267 e. The molecule has 4 rings (SSSR count). The predicted molar refractivity (Wildman–Crippen MR) is 88.9 cm³/mol. The molecule has 2 heterocycles. The summed E-state index contributed by atoms with van der Waals surface area (Å²) in [7, 11) is 0. The van der Waals surface area contributed by atoms with E-state index in [0.29, 0.717) is 13.2 Å². The third-order valence-electron chi connectivity index (χ3n) is 5.65. The number of nitrogens with one attached hydrogen (secondary N) is 1. The number of amides is 1. The second kappa shape index (κ2) is 6.67. The van der Waals surface area contributed by atoms with Crippen LogP contribution in [0.1, 0.15) is 55.8 Å². The molecule has 0 bridgehead atoms. The lowest BCUT2D eigenvalue weighted by Crippen LogP contribution is -2.46. The highest BCUT2D eigenvalue weighted by molar-refractivity contribution is 5.79. The van der Waals surface area contributed by atoms with Crippen molar-refractivity contribution >= 4 is 5.91 Å². The van der Waals surface area contributed by atoms with Gasteiger partial charge in [-0.25, -0.2) is 4.68 Å². The molecule has 6 heteroatoms. The molecule has 1 saturated carbocycles. The van der Waals surface area contributed by atoms with Gasteiger partial charge in [0, 0.05) is 12.0 Å². The van der Waals surface area contributed by atoms with Gasteiger partial charge in [0.25, 0.3) is 5.56 Å². The number of carbonyl (C=O) groups is 1. The van der Waals surface area contributed by atoms with Crippen LogP contribution in [0.4, 0.5) is 0 Å². The van der Waals surface area contributed by atoms with Gasteiger partial charge in [-0.3, -0.25) is 9.59 Å². The van der Waals surface area contributed by atoms with E-state index in [-0.39, 0.29) is 29.5 Å². The smallest absolute Gasteiger partial charge is 0.267 e. The Labute approximate surface area is 141 Å². The zero-order valence-corrected chi connectivity index (χ0v) is 14.0. The fourth-order valence-electron chi connectivity index (χ4n) is 4.23. The molecule has 0 aromatic carbocycles. The molecule has 24 heavy (non-hydrogen) atoms. The highest BCUT2D eigenvalue weighted by atomic mass is 16.5. The third-order valence-corrected chi connectivity index (χ3v) is 5.65. The van der Waals surface area contributed by atoms with E-state index in [1.807, 2.05) is 0 Å². The Balaban J connectivity index is 1.54. The van der Waals surface area contributed by atoms with Gasteiger partial charge in [0.1, 0.15) is 6.04 Å². The Hall–Kier alpha value is -1.69. The minimum Gasteiger partial charge on any atom is -0.377 e. The number of ether oxygens (including phenoxy) is 1. The lowest BCUT2D eigenvalue weighted by molar-refractivity contribution is -0.125. The highest BCUT2D eigenvalue weighted by Gasteiger charge is 2.35. The van der Waals surface area contributed by atoms with Crippen molar-refractivity contribution < 1.29 is 9.53 Å². The van der Waals surface area contributed by atoms with Crippen LogP contribution in [0.3, 0.4) is 0 Å². The second-order valence-corrected chi connectivity index (χ2v) is 7.31. The quantitative estimate of drug-likeness (QED) is 0.908. The summed E-state index contributed by atoms with van der Waals surface area (Å²) >= 11 is 0. The Bertz CT molecular complexity index is 679. The van der Waals surface area contributed by atoms with E-state index in [1.54, 1.807) is 10.7 Å². The van der Waals surface area contributed by atoms with Gasteiger partial charge >= 0.3 is 0 Å². The lowest BCUT2D eigenvalue weighted by atomic mass is 9.97. The van der Waals surface area contributed by atoms with Crippen molar-refractivity contribution in [2.45, 2.75) is 63.5 Å². The van der Waals surface area contributed by atoms with Gasteiger partial charge in [-0.05, 0) is 44.1 Å². The van der Waals surface area contributed by atoms with Crippen LogP contribution in [-0.4, -0.2) is 34.9 Å². The fourth-order valence-corrected chi connectivity index (χ4v) is 4.23. The van der Waals surface area contributed by atoms with Crippen molar-refractivity contribution in [1.82, 2.24) is 15.1 Å². The van der Waals surface area contributed by atoms with Crippen molar-refractivity contribution in [1.29, 1.82) is 0 Å². The number of hydrogen-bond donors (Lipinski definition) is 1. The fraction of sp³-hybridized carbons (Fsp3) is 0.722. The second-order valence-electron chi connectivity index (χ2n) is 7.31. The summed E-state index contributed by atoms with van der Waals surface area (Å²) < 4.78 is 7.12. The summed E-state index contributed by atoms with van der Waals surface area (Å²) in [4.78, 5) is 24.9. The summed E-state index contributed by atoms with van der Waals surface area (Å²) in [5, 5.41) is 7.74. The Kier molecular flexibility index (Phi) is 4.39. The van der Waals surface area contributed by atoms with E-state index < -0.39 is 0 Å². The standard InChI is InChI=1S/C18H25N3O3/c22-17-9-13-7-3-4-8-14(13)20-21(17)16-11-24-10-15(16)19-18(23)12-5-1-2-6-12/h9,12,15-16H,1-8,10-11H2,(H,19,23). The van der Waals surface area contributed by atoms with Crippen LogP contribution >= 0.6 is 0 Å². The molecule has 1 aliphatic heterocycles. The molecule has 1 aromatic rings. The Morgan fingerprint density at radius 1 is 1.17 bits per heavy atom. The zero-order valence-electron chi connectivity index (χ0n) is 14.0. The molecule has 2 aliphatic carbocycles. The molecule has 2 atom stereocenters. The van der Waals surface area contributed by atoms with Crippen molar-refractivity contribution in [2.24, 2.45) is 5.92 Å². The maximum absolute atomic E-state index is 12.5. The van der Waals surface area contributed by atoms with Gasteiger partial charge in [-0.2, -0.15) is 5.10 Å².